The van der Waals surface area contributed by atoms with Crippen LogP contribution in [0.1, 0.15) is 79.2 Å². The predicted molar refractivity (Wildman–Crippen MR) is 134 cm³/mol. The fourth-order valence-electron chi connectivity index (χ4n) is 4.03. The van der Waals surface area contributed by atoms with Crippen LogP contribution in [0.4, 0.5) is 0 Å². The third-order valence-electron chi connectivity index (χ3n) is 6.00. The van der Waals surface area contributed by atoms with Crippen molar-refractivity contribution in [3.05, 3.63) is 53.7 Å². The van der Waals surface area contributed by atoms with Crippen LogP contribution in [0, 0.1) is 5.92 Å². The summed E-state index contributed by atoms with van der Waals surface area (Å²) in [6.07, 6.45) is 1.77. The van der Waals surface area contributed by atoms with Crippen LogP contribution in [0.5, 0.6) is 0 Å². The Kier molecular flexibility index (Phi) is 9.78. The van der Waals surface area contributed by atoms with Crippen LogP contribution in [-0.4, -0.2) is 58.5 Å². The van der Waals surface area contributed by atoms with Crippen LogP contribution in [0.3, 0.4) is 0 Å². The molecule has 11 heteroatoms. The third kappa shape index (κ3) is 7.88. The summed E-state index contributed by atoms with van der Waals surface area (Å²) in [5, 5.41) is 21.2. The van der Waals surface area contributed by atoms with E-state index in [2.05, 4.69) is 26.3 Å². The molecule has 4 atom stereocenters. The van der Waals surface area contributed by atoms with E-state index in [4.69, 9.17) is 4.42 Å². The van der Waals surface area contributed by atoms with E-state index < -0.39 is 47.9 Å². The molecule has 2 heterocycles. The zero-order valence-corrected chi connectivity index (χ0v) is 21.3. The lowest BCUT2D eigenvalue weighted by atomic mass is 10.0. The van der Waals surface area contributed by atoms with Gasteiger partial charge in [0.1, 0.15) is 24.4 Å². The maximum Gasteiger partial charge on any atom is 0.273 e. The lowest BCUT2D eigenvalue weighted by molar-refractivity contribution is -0.133. The van der Waals surface area contributed by atoms with E-state index in [1.807, 2.05) is 13.8 Å². The van der Waals surface area contributed by atoms with E-state index in [0.29, 0.717) is 31.4 Å². The molecule has 1 aliphatic rings. The lowest BCUT2D eigenvalue weighted by Crippen LogP contribution is -2.57. The van der Waals surface area contributed by atoms with Crippen molar-refractivity contribution in [2.75, 3.05) is 6.54 Å². The smallest absolute Gasteiger partial charge is 0.273 e. The van der Waals surface area contributed by atoms with Gasteiger partial charge in [-0.25, -0.2) is 4.98 Å². The Bertz CT molecular complexity index is 1080. The standard InChI is InChI=1S/C26H35N5O6/c1-15(2)13-19-26-30-20(14-37-26)23(34)27-12-8-7-11-18(28-22(33)17-9-5-4-6-10-17)24(35)31-21(16(3)32)25(36)29-19/h4-6,9-10,14-16,18-19,21,32H,7-8,11-13H2,1-3H3,(H,27,34)(H,28,33)(H,29,36)(H,31,35)/t16-,18+,19+,21+/m1/s1. The number of amides is 4. The van der Waals surface area contributed by atoms with Gasteiger partial charge in [-0.1, -0.05) is 32.0 Å². The van der Waals surface area contributed by atoms with E-state index in [1.165, 1.54) is 13.2 Å². The van der Waals surface area contributed by atoms with Crippen LogP contribution in [0.2, 0.25) is 0 Å². The highest BCUT2D eigenvalue weighted by Gasteiger charge is 2.32. The number of fused-ring (bicyclic) bond motifs is 2. The second kappa shape index (κ2) is 13.0. The van der Waals surface area contributed by atoms with Gasteiger partial charge in [-0.2, -0.15) is 0 Å². The van der Waals surface area contributed by atoms with Gasteiger partial charge in [-0.3, -0.25) is 19.2 Å². The van der Waals surface area contributed by atoms with Gasteiger partial charge >= 0.3 is 0 Å². The van der Waals surface area contributed by atoms with E-state index in [-0.39, 0.29) is 23.9 Å². The molecule has 1 aliphatic heterocycles. The minimum Gasteiger partial charge on any atom is -0.446 e. The number of rotatable bonds is 5. The molecule has 0 unspecified atom stereocenters. The number of hydrogen-bond acceptors (Lipinski definition) is 7. The lowest BCUT2D eigenvalue weighted by Gasteiger charge is -2.27. The van der Waals surface area contributed by atoms with Gasteiger partial charge in [0, 0.05) is 12.1 Å². The van der Waals surface area contributed by atoms with Crippen molar-refractivity contribution < 1.29 is 28.7 Å². The Labute approximate surface area is 215 Å². The minimum absolute atomic E-state index is 0.0958. The van der Waals surface area contributed by atoms with Gasteiger partial charge in [0.15, 0.2) is 5.69 Å². The van der Waals surface area contributed by atoms with Crippen LogP contribution in [-0.2, 0) is 9.59 Å². The summed E-state index contributed by atoms with van der Waals surface area (Å²) in [7, 11) is 0. The quantitative estimate of drug-likeness (QED) is 0.404. The first-order valence-electron chi connectivity index (χ1n) is 12.5. The van der Waals surface area contributed by atoms with Crippen molar-refractivity contribution in [2.45, 2.75) is 70.7 Å². The summed E-state index contributed by atoms with van der Waals surface area (Å²) in [6, 6.07) is 5.55. The van der Waals surface area contributed by atoms with Crippen molar-refractivity contribution in [2.24, 2.45) is 5.92 Å². The van der Waals surface area contributed by atoms with Crippen LogP contribution in [0.25, 0.3) is 0 Å². The fraction of sp³-hybridized carbons (Fsp3) is 0.500. The number of nitrogens with one attached hydrogen (secondary N) is 4. The van der Waals surface area contributed by atoms with Crippen molar-refractivity contribution in [1.29, 1.82) is 0 Å². The normalized spacial score (nSPS) is 22.5. The number of hydrogen-bond donors (Lipinski definition) is 5. The largest absolute Gasteiger partial charge is 0.446 e. The summed E-state index contributed by atoms with van der Waals surface area (Å²) in [6.45, 7) is 5.64. The molecular weight excluding hydrogens is 478 g/mol. The summed E-state index contributed by atoms with van der Waals surface area (Å²) in [4.78, 5) is 55.9. The summed E-state index contributed by atoms with van der Waals surface area (Å²) < 4.78 is 5.51. The van der Waals surface area contributed by atoms with E-state index in [9.17, 15) is 24.3 Å². The molecular formula is C26H35N5O6. The van der Waals surface area contributed by atoms with E-state index >= 15 is 0 Å². The average molecular weight is 514 g/mol. The second-order valence-electron chi connectivity index (χ2n) is 9.63. The van der Waals surface area contributed by atoms with Gasteiger partial charge in [-0.05, 0) is 50.7 Å². The van der Waals surface area contributed by atoms with Crippen molar-refractivity contribution in [3.63, 3.8) is 0 Å². The zero-order chi connectivity index (χ0) is 26.9. The first-order chi connectivity index (χ1) is 17.7. The Morgan fingerprint density at radius 1 is 1.11 bits per heavy atom. The number of carbonyl (C=O) groups is 4. The molecule has 0 saturated heterocycles. The van der Waals surface area contributed by atoms with Crippen LogP contribution < -0.4 is 21.3 Å². The van der Waals surface area contributed by atoms with Crippen molar-refractivity contribution in [1.82, 2.24) is 26.3 Å². The second-order valence-corrected chi connectivity index (χ2v) is 9.63. The highest BCUT2D eigenvalue weighted by atomic mass is 16.3. The number of benzene rings is 1. The van der Waals surface area contributed by atoms with Gasteiger partial charge in [0.2, 0.25) is 17.7 Å². The van der Waals surface area contributed by atoms with Gasteiger partial charge in [0.05, 0.1) is 6.10 Å². The van der Waals surface area contributed by atoms with Gasteiger partial charge in [0.25, 0.3) is 11.8 Å². The molecule has 3 rings (SSSR count). The van der Waals surface area contributed by atoms with Gasteiger partial charge in [-0.15, -0.1) is 0 Å². The molecule has 11 nitrogen and oxygen atoms in total. The molecule has 0 fully saturated rings. The highest BCUT2D eigenvalue weighted by molar-refractivity contribution is 5.98. The Balaban J connectivity index is 1.86. The molecule has 37 heavy (non-hydrogen) atoms. The molecule has 0 spiro atoms. The van der Waals surface area contributed by atoms with Gasteiger partial charge < -0.3 is 30.8 Å². The molecule has 2 aromatic rings. The topological polar surface area (TPSA) is 163 Å². The summed E-state index contributed by atoms with van der Waals surface area (Å²) in [5.74, 6) is -1.79. The maximum atomic E-state index is 13.2. The molecule has 5 N–H and O–H groups in total. The highest BCUT2D eigenvalue weighted by Crippen LogP contribution is 2.21. The predicted octanol–water partition coefficient (Wildman–Crippen LogP) is 1.46. The van der Waals surface area contributed by atoms with E-state index in [0.717, 1.165) is 0 Å². The molecule has 200 valence electrons. The molecule has 0 radical (unpaired) electrons. The number of aromatic nitrogens is 1. The molecule has 1 aromatic heterocycles. The molecule has 0 saturated carbocycles. The number of aliphatic hydroxyl groups excluding tert-OH is 1. The number of oxazole rings is 1. The maximum absolute atomic E-state index is 13.2. The average Bonchev–Trinajstić information content (AvgIpc) is 3.35. The molecule has 2 bridgehead atoms. The molecule has 0 aliphatic carbocycles. The zero-order valence-electron chi connectivity index (χ0n) is 21.3. The molecule has 1 aromatic carbocycles. The number of carbonyl (C=O) groups excluding carboxylic acids is 4. The van der Waals surface area contributed by atoms with Crippen LogP contribution in [0.15, 0.2) is 41.0 Å². The first-order valence-corrected chi connectivity index (χ1v) is 12.5. The van der Waals surface area contributed by atoms with Crippen molar-refractivity contribution in [3.8, 4) is 0 Å². The molecule has 4 amide bonds. The fourth-order valence-corrected chi connectivity index (χ4v) is 4.03. The Hall–Kier alpha value is -3.73. The first kappa shape index (κ1) is 27.9. The van der Waals surface area contributed by atoms with E-state index in [1.54, 1.807) is 30.3 Å². The summed E-state index contributed by atoms with van der Waals surface area (Å²) in [5.41, 5.74) is 0.485. The Morgan fingerprint density at radius 2 is 1.84 bits per heavy atom. The minimum atomic E-state index is -1.29. The van der Waals surface area contributed by atoms with Crippen LogP contribution >= 0.6 is 0 Å². The van der Waals surface area contributed by atoms with Crippen molar-refractivity contribution >= 4 is 23.6 Å². The SMILES string of the molecule is CC(C)C[C@@H]1NC(=O)[C@H]([C@@H](C)O)NC(=O)[C@@H](NC(=O)c2ccccc2)CCCCNC(=O)c2coc1n2. The number of nitrogens with zero attached hydrogens (tertiary/aromatic N) is 1. The monoisotopic (exact) mass is 513 g/mol. The summed E-state index contributed by atoms with van der Waals surface area (Å²) >= 11 is 0. The Morgan fingerprint density at radius 3 is 2.51 bits per heavy atom. The third-order valence-corrected chi connectivity index (χ3v) is 6.00. The number of aliphatic hydroxyl groups is 1.